The molecule has 1 aliphatic heterocycles. The first-order valence-electron chi connectivity index (χ1n) is 6.58. The first kappa shape index (κ1) is 13.1. The van der Waals surface area contributed by atoms with Gasteiger partial charge in [0, 0.05) is 12.0 Å². The van der Waals surface area contributed by atoms with Crippen LogP contribution in [0.5, 0.6) is 0 Å². The van der Waals surface area contributed by atoms with E-state index in [1.54, 1.807) is 0 Å². The van der Waals surface area contributed by atoms with E-state index in [-0.39, 0.29) is 6.23 Å². The Balaban J connectivity index is 2.13. The van der Waals surface area contributed by atoms with Crippen molar-refractivity contribution in [1.29, 1.82) is 0 Å². The molecule has 0 amide bonds. The van der Waals surface area contributed by atoms with Crippen LogP contribution in [0.4, 0.5) is 4.39 Å². The number of hydrogen-bond acceptors (Lipinski definition) is 4. The van der Waals surface area contributed by atoms with Crippen LogP contribution in [-0.2, 0) is 9.47 Å². The van der Waals surface area contributed by atoms with Crippen LogP contribution in [0.3, 0.4) is 0 Å². The number of ether oxygens (including phenoxy) is 2. The van der Waals surface area contributed by atoms with Crippen LogP contribution < -0.4 is 0 Å². The Hall–Kier alpha value is -1.95. The fourth-order valence-electron chi connectivity index (χ4n) is 2.55. The molecule has 1 unspecified atom stereocenters. The Morgan fingerprint density at radius 3 is 3.05 bits per heavy atom. The number of hydrogen-bond donors (Lipinski definition) is 0. The number of nitrogens with zero attached hydrogens (tertiary/aromatic N) is 2. The molecule has 2 heterocycles. The van der Waals surface area contributed by atoms with Gasteiger partial charge in [-0.05, 0) is 31.4 Å². The molecule has 20 heavy (non-hydrogen) atoms. The lowest BCUT2D eigenvalue weighted by molar-refractivity contribution is -0.0369. The minimum absolute atomic E-state index is 0.274. The molecule has 2 aromatic rings. The molecule has 106 valence electrons. The third-order valence-electron chi connectivity index (χ3n) is 3.54. The van der Waals surface area contributed by atoms with E-state index in [0.29, 0.717) is 23.1 Å². The molecule has 1 atom stereocenters. The van der Waals surface area contributed by atoms with Crippen molar-refractivity contribution in [3.8, 4) is 0 Å². The number of benzene rings is 1. The largest absolute Gasteiger partial charge is 0.465 e. The molecule has 0 aliphatic carbocycles. The molecule has 1 aliphatic rings. The Morgan fingerprint density at radius 2 is 2.35 bits per heavy atom. The molecule has 5 nitrogen and oxygen atoms in total. The van der Waals surface area contributed by atoms with Crippen molar-refractivity contribution in [1.82, 2.24) is 9.78 Å². The molecule has 6 heteroatoms. The van der Waals surface area contributed by atoms with Crippen LogP contribution in [0.15, 0.2) is 18.3 Å². The second-order valence-corrected chi connectivity index (χ2v) is 4.76. The Labute approximate surface area is 115 Å². The predicted octanol–water partition coefficient (Wildman–Crippen LogP) is 2.66. The molecule has 0 N–H and O–H groups in total. The molecule has 3 rings (SSSR count). The number of carbonyl (C=O) groups is 1. The third kappa shape index (κ3) is 2.06. The zero-order chi connectivity index (χ0) is 14.1. The minimum atomic E-state index is -0.501. The lowest BCUT2D eigenvalue weighted by Crippen LogP contribution is -2.19. The van der Waals surface area contributed by atoms with E-state index in [0.717, 1.165) is 19.3 Å². The number of fused-ring (bicyclic) bond motifs is 1. The Morgan fingerprint density at radius 1 is 1.50 bits per heavy atom. The first-order valence-corrected chi connectivity index (χ1v) is 6.58. The van der Waals surface area contributed by atoms with Crippen molar-refractivity contribution >= 4 is 16.9 Å². The molecule has 1 aromatic heterocycles. The van der Waals surface area contributed by atoms with Crippen molar-refractivity contribution < 1.29 is 18.7 Å². The average Bonchev–Trinajstić information content (AvgIpc) is 2.93. The van der Waals surface area contributed by atoms with E-state index in [2.05, 4.69) is 5.10 Å². The van der Waals surface area contributed by atoms with E-state index in [4.69, 9.17) is 9.47 Å². The monoisotopic (exact) mass is 278 g/mol. The number of esters is 1. The summed E-state index contributed by atoms with van der Waals surface area (Å²) in [5, 5.41) is 4.65. The molecule has 0 spiro atoms. The molecule has 0 bridgehead atoms. The zero-order valence-electron chi connectivity index (χ0n) is 11.1. The van der Waals surface area contributed by atoms with Crippen LogP contribution >= 0.6 is 0 Å². The van der Waals surface area contributed by atoms with Gasteiger partial charge in [-0.15, -0.1) is 0 Å². The summed E-state index contributed by atoms with van der Waals surface area (Å²) in [5.74, 6) is -0.918. The number of halogens is 1. The lowest BCUT2D eigenvalue weighted by Gasteiger charge is -2.23. The maximum atomic E-state index is 14.1. The molecule has 0 saturated carbocycles. The van der Waals surface area contributed by atoms with Crippen LogP contribution in [0, 0.1) is 5.82 Å². The van der Waals surface area contributed by atoms with Crippen LogP contribution in [0.25, 0.3) is 10.9 Å². The van der Waals surface area contributed by atoms with Crippen LogP contribution in [0.1, 0.15) is 35.8 Å². The van der Waals surface area contributed by atoms with Gasteiger partial charge in [-0.2, -0.15) is 5.10 Å². The molecular weight excluding hydrogens is 263 g/mol. The normalized spacial score (nSPS) is 19.2. The summed E-state index contributed by atoms with van der Waals surface area (Å²) < 4.78 is 26.0. The predicted molar refractivity (Wildman–Crippen MR) is 69.9 cm³/mol. The van der Waals surface area contributed by atoms with E-state index < -0.39 is 11.8 Å². The third-order valence-corrected chi connectivity index (χ3v) is 3.54. The standard InChI is InChI=1S/C14H15FN2O3/c1-19-14(18)9-5-6-11(15)13-10(9)8-16-17(13)12-4-2-3-7-20-12/h5-6,8,12H,2-4,7H2,1H3. The van der Waals surface area contributed by atoms with Crippen LogP contribution in [0.2, 0.25) is 0 Å². The lowest BCUT2D eigenvalue weighted by atomic mass is 10.1. The van der Waals surface area contributed by atoms with E-state index in [1.165, 1.54) is 30.1 Å². The van der Waals surface area contributed by atoms with Gasteiger partial charge in [0.15, 0.2) is 6.23 Å². The summed E-state index contributed by atoms with van der Waals surface area (Å²) >= 11 is 0. The summed E-state index contributed by atoms with van der Waals surface area (Å²) in [6, 6.07) is 2.67. The van der Waals surface area contributed by atoms with Gasteiger partial charge in [0.25, 0.3) is 0 Å². The van der Waals surface area contributed by atoms with Gasteiger partial charge in [-0.3, -0.25) is 0 Å². The molecular formula is C14H15FN2O3. The number of methoxy groups -OCH3 is 1. The average molecular weight is 278 g/mol. The van der Waals surface area contributed by atoms with Gasteiger partial charge in [0.05, 0.1) is 18.9 Å². The van der Waals surface area contributed by atoms with Crippen molar-refractivity contribution in [2.24, 2.45) is 0 Å². The molecule has 1 aromatic carbocycles. The van der Waals surface area contributed by atoms with Crippen molar-refractivity contribution in [2.45, 2.75) is 25.5 Å². The van der Waals surface area contributed by atoms with E-state index in [9.17, 15) is 9.18 Å². The molecule has 1 saturated heterocycles. The van der Waals surface area contributed by atoms with Gasteiger partial charge >= 0.3 is 5.97 Å². The smallest absolute Gasteiger partial charge is 0.338 e. The number of carbonyl (C=O) groups excluding carboxylic acids is 1. The number of rotatable bonds is 2. The Bertz CT molecular complexity index is 647. The number of aromatic nitrogens is 2. The van der Waals surface area contributed by atoms with Gasteiger partial charge in [-0.1, -0.05) is 0 Å². The highest BCUT2D eigenvalue weighted by Gasteiger charge is 2.23. The Kier molecular flexibility index (Phi) is 3.40. The highest BCUT2D eigenvalue weighted by atomic mass is 19.1. The molecule has 1 fully saturated rings. The molecule has 0 radical (unpaired) electrons. The van der Waals surface area contributed by atoms with E-state index in [1.807, 2.05) is 0 Å². The highest BCUT2D eigenvalue weighted by molar-refractivity contribution is 6.03. The van der Waals surface area contributed by atoms with Gasteiger partial charge < -0.3 is 9.47 Å². The second-order valence-electron chi connectivity index (χ2n) is 4.76. The van der Waals surface area contributed by atoms with Crippen LogP contribution in [-0.4, -0.2) is 29.5 Å². The van der Waals surface area contributed by atoms with Gasteiger partial charge in [0.1, 0.15) is 11.3 Å². The SMILES string of the molecule is COC(=O)c1ccc(F)c2c1cnn2C1CCCCO1. The summed E-state index contributed by atoms with van der Waals surface area (Å²) in [6.45, 7) is 0.643. The fraction of sp³-hybridized carbons (Fsp3) is 0.429. The van der Waals surface area contributed by atoms with E-state index >= 15 is 0 Å². The maximum absolute atomic E-state index is 14.1. The second kappa shape index (κ2) is 5.20. The van der Waals surface area contributed by atoms with Crippen molar-refractivity contribution in [2.75, 3.05) is 13.7 Å². The summed E-state index contributed by atoms with van der Waals surface area (Å²) in [4.78, 5) is 11.7. The fourth-order valence-corrected chi connectivity index (χ4v) is 2.55. The topological polar surface area (TPSA) is 53.3 Å². The highest BCUT2D eigenvalue weighted by Crippen LogP contribution is 2.29. The quantitative estimate of drug-likeness (QED) is 0.792. The van der Waals surface area contributed by atoms with Gasteiger partial charge in [0.2, 0.25) is 0 Å². The minimum Gasteiger partial charge on any atom is -0.465 e. The summed E-state index contributed by atoms with van der Waals surface area (Å²) in [6.07, 6.45) is 4.03. The van der Waals surface area contributed by atoms with Crippen molar-refractivity contribution in [3.63, 3.8) is 0 Å². The van der Waals surface area contributed by atoms with Crippen molar-refractivity contribution in [3.05, 3.63) is 29.7 Å². The maximum Gasteiger partial charge on any atom is 0.338 e. The zero-order valence-corrected chi connectivity index (χ0v) is 11.1. The first-order chi connectivity index (χ1) is 9.72. The van der Waals surface area contributed by atoms with Gasteiger partial charge in [-0.25, -0.2) is 13.9 Å². The summed E-state index contributed by atoms with van der Waals surface area (Å²) in [5.41, 5.74) is 0.603. The summed E-state index contributed by atoms with van der Waals surface area (Å²) in [7, 11) is 1.30.